The van der Waals surface area contributed by atoms with E-state index in [1.807, 2.05) is 25.1 Å². The molecule has 27 heavy (non-hydrogen) atoms. The molecule has 3 saturated heterocycles. The van der Waals surface area contributed by atoms with Gasteiger partial charge in [-0.3, -0.25) is 4.79 Å². The van der Waals surface area contributed by atoms with Crippen LogP contribution in [-0.2, 0) is 17.8 Å². The number of rotatable bonds is 5. The van der Waals surface area contributed by atoms with Crippen molar-refractivity contribution in [1.29, 1.82) is 0 Å². The summed E-state index contributed by atoms with van der Waals surface area (Å²) in [5.41, 5.74) is 2.30. The minimum atomic E-state index is 0.0670. The number of carbonyl (C=O) groups excluding carboxylic acids is 1. The van der Waals surface area contributed by atoms with Gasteiger partial charge in [-0.2, -0.15) is 0 Å². The number of carbonyl (C=O) groups is 1. The van der Waals surface area contributed by atoms with E-state index >= 15 is 0 Å². The van der Waals surface area contributed by atoms with Crippen LogP contribution in [0.2, 0.25) is 0 Å². The Kier molecular flexibility index (Phi) is 5.10. The fraction of sp³-hybridized carbons (Fsp3) is 0.500. The normalized spacial score (nSPS) is 22.2. The van der Waals surface area contributed by atoms with Crippen molar-refractivity contribution in [3.05, 3.63) is 53.5 Å². The Morgan fingerprint density at radius 2 is 1.93 bits per heavy atom. The lowest BCUT2D eigenvalue weighted by molar-refractivity contribution is -0.140. The van der Waals surface area contributed by atoms with Gasteiger partial charge in [-0.05, 0) is 31.7 Å². The standard InChI is InChI=1S/C22H28N4O/c1-3-7-19-12-21(24-16(2)23-19)25-14-18-10-11-20(15-25)26(22(18)27)13-17-8-5-4-6-9-17/h4-6,8-9,12,18,20H,3,7,10-11,13-15H2,1-2H3/t18-,20+/m0/s1. The SMILES string of the molecule is CCCc1cc(N2C[C@@H]3CC[C@H](C2)N(Cc2ccccc2)C3=O)nc(C)n1. The van der Waals surface area contributed by atoms with E-state index < -0.39 is 0 Å². The Balaban J connectivity index is 1.58. The number of benzene rings is 1. The number of piperidine rings is 1. The van der Waals surface area contributed by atoms with E-state index in [-0.39, 0.29) is 12.0 Å². The van der Waals surface area contributed by atoms with Crippen molar-refractivity contribution in [3.8, 4) is 0 Å². The predicted octanol–water partition coefficient (Wildman–Crippen LogP) is 3.36. The Morgan fingerprint density at radius 1 is 1.11 bits per heavy atom. The number of fused-ring (bicyclic) bond motifs is 4. The zero-order valence-corrected chi connectivity index (χ0v) is 16.3. The molecule has 5 nitrogen and oxygen atoms in total. The second-order valence-electron chi connectivity index (χ2n) is 7.80. The predicted molar refractivity (Wildman–Crippen MR) is 106 cm³/mol. The average Bonchev–Trinajstić information content (AvgIpc) is 2.95. The molecule has 4 heterocycles. The van der Waals surface area contributed by atoms with Gasteiger partial charge in [-0.1, -0.05) is 43.7 Å². The summed E-state index contributed by atoms with van der Waals surface area (Å²) in [5.74, 6) is 2.17. The zero-order chi connectivity index (χ0) is 18.8. The van der Waals surface area contributed by atoms with Crippen LogP contribution in [0.3, 0.4) is 0 Å². The highest BCUT2D eigenvalue weighted by Gasteiger charge is 2.41. The van der Waals surface area contributed by atoms with E-state index in [1.165, 1.54) is 5.56 Å². The van der Waals surface area contributed by atoms with Crippen LogP contribution >= 0.6 is 0 Å². The van der Waals surface area contributed by atoms with E-state index in [0.29, 0.717) is 12.5 Å². The molecule has 5 heteroatoms. The molecule has 0 spiro atoms. The summed E-state index contributed by atoms with van der Waals surface area (Å²) < 4.78 is 0. The van der Waals surface area contributed by atoms with Gasteiger partial charge in [0.15, 0.2) is 0 Å². The molecule has 5 rings (SSSR count). The molecule has 1 aromatic carbocycles. The van der Waals surface area contributed by atoms with Crippen molar-refractivity contribution in [2.24, 2.45) is 5.92 Å². The molecular formula is C22H28N4O. The largest absolute Gasteiger partial charge is 0.354 e. The molecule has 2 aromatic rings. The maximum Gasteiger partial charge on any atom is 0.228 e. The summed E-state index contributed by atoms with van der Waals surface area (Å²) >= 11 is 0. The molecule has 0 aliphatic carbocycles. The number of nitrogens with zero attached hydrogens (tertiary/aromatic N) is 4. The lowest BCUT2D eigenvalue weighted by Gasteiger charge is -2.36. The van der Waals surface area contributed by atoms with E-state index in [1.54, 1.807) is 0 Å². The Bertz CT molecular complexity index is 807. The number of anilines is 1. The molecule has 1 aromatic heterocycles. The van der Waals surface area contributed by atoms with Crippen LogP contribution in [0.25, 0.3) is 0 Å². The number of aromatic nitrogens is 2. The first-order valence-electron chi connectivity index (χ1n) is 10.1. The molecule has 1 amide bonds. The van der Waals surface area contributed by atoms with Crippen molar-refractivity contribution < 1.29 is 4.79 Å². The highest BCUT2D eigenvalue weighted by atomic mass is 16.2. The molecule has 3 fully saturated rings. The Hall–Kier alpha value is -2.43. The number of aryl methyl sites for hydroxylation is 2. The highest BCUT2D eigenvalue weighted by molar-refractivity contribution is 5.81. The highest BCUT2D eigenvalue weighted by Crippen LogP contribution is 2.32. The van der Waals surface area contributed by atoms with Gasteiger partial charge < -0.3 is 9.80 Å². The minimum absolute atomic E-state index is 0.0670. The van der Waals surface area contributed by atoms with E-state index in [9.17, 15) is 4.79 Å². The minimum Gasteiger partial charge on any atom is -0.354 e. The molecule has 0 saturated carbocycles. The zero-order valence-electron chi connectivity index (χ0n) is 16.3. The van der Waals surface area contributed by atoms with Gasteiger partial charge in [0.2, 0.25) is 5.91 Å². The summed E-state index contributed by atoms with van der Waals surface area (Å²) in [6.07, 6.45) is 4.10. The van der Waals surface area contributed by atoms with Crippen molar-refractivity contribution in [1.82, 2.24) is 14.9 Å². The number of hydrogen-bond acceptors (Lipinski definition) is 4. The quantitative estimate of drug-likeness (QED) is 0.816. The Labute approximate surface area is 161 Å². The molecule has 0 radical (unpaired) electrons. The van der Waals surface area contributed by atoms with Gasteiger partial charge in [0.05, 0.1) is 5.92 Å². The maximum atomic E-state index is 13.1. The molecule has 2 bridgehead atoms. The fourth-order valence-electron chi connectivity index (χ4n) is 4.37. The summed E-state index contributed by atoms with van der Waals surface area (Å²) in [4.78, 5) is 26.8. The van der Waals surface area contributed by atoms with Crippen LogP contribution in [0.4, 0.5) is 5.82 Å². The average molecular weight is 364 g/mol. The van der Waals surface area contributed by atoms with E-state index in [2.05, 4.69) is 39.9 Å². The molecule has 0 N–H and O–H groups in total. The van der Waals surface area contributed by atoms with Crippen molar-refractivity contribution in [2.75, 3.05) is 18.0 Å². The topological polar surface area (TPSA) is 49.3 Å². The summed E-state index contributed by atoms with van der Waals surface area (Å²) in [7, 11) is 0. The van der Waals surface area contributed by atoms with Gasteiger partial charge in [0.25, 0.3) is 0 Å². The van der Waals surface area contributed by atoms with E-state index in [4.69, 9.17) is 4.98 Å². The molecule has 3 aliphatic rings. The second kappa shape index (κ2) is 7.67. The lowest BCUT2D eigenvalue weighted by atomic mass is 9.93. The van der Waals surface area contributed by atoms with Crippen molar-refractivity contribution in [2.45, 2.75) is 52.1 Å². The van der Waals surface area contributed by atoms with Gasteiger partial charge >= 0.3 is 0 Å². The van der Waals surface area contributed by atoms with Crippen LogP contribution in [0, 0.1) is 12.8 Å². The smallest absolute Gasteiger partial charge is 0.228 e. The molecule has 142 valence electrons. The number of amides is 1. The second-order valence-corrected chi connectivity index (χ2v) is 7.80. The first kappa shape index (κ1) is 18.0. The van der Waals surface area contributed by atoms with Crippen molar-refractivity contribution >= 4 is 11.7 Å². The van der Waals surface area contributed by atoms with Crippen LogP contribution in [0.1, 0.15) is 43.3 Å². The monoisotopic (exact) mass is 364 g/mol. The molecule has 0 unspecified atom stereocenters. The van der Waals surface area contributed by atoms with Crippen LogP contribution in [0.5, 0.6) is 0 Å². The van der Waals surface area contributed by atoms with Gasteiger partial charge in [-0.15, -0.1) is 0 Å². The van der Waals surface area contributed by atoms with Crippen LogP contribution in [-0.4, -0.2) is 39.9 Å². The van der Waals surface area contributed by atoms with Gasteiger partial charge in [0, 0.05) is 37.4 Å². The van der Waals surface area contributed by atoms with Crippen LogP contribution in [0.15, 0.2) is 36.4 Å². The first-order valence-corrected chi connectivity index (χ1v) is 10.1. The molecule has 2 atom stereocenters. The Morgan fingerprint density at radius 3 is 2.70 bits per heavy atom. The number of hydrogen-bond donors (Lipinski definition) is 0. The fourth-order valence-corrected chi connectivity index (χ4v) is 4.37. The third-order valence-electron chi connectivity index (χ3n) is 5.70. The summed E-state index contributed by atoms with van der Waals surface area (Å²) in [6.45, 7) is 6.46. The summed E-state index contributed by atoms with van der Waals surface area (Å²) in [5, 5.41) is 0. The van der Waals surface area contributed by atoms with Gasteiger partial charge in [-0.25, -0.2) is 9.97 Å². The van der Waals surface area contributed by atoms with E-state index in [0.717, 1.165) is 56.1 Å². The molecular weight excluding hydrogens is 336 g/mol. The third-order valence-corrected chi connectivity index (χ3v) is 5.70. The van der Waals surface area contributed by atoms with Crippen molar-refractivity contribution in [3.63, 3.8) is 0 Å². The molecule has 3 aliphatic heterocycles. The first-order chi connectivity index (χ1) is 13.1. The van der Waals surface area contributed by atoms with Crippen LogP contribution < -0.4 is 4.90 Å². The third kappa shape index (κ3) is 3.82. The summed E-state index contributed by atoms with van der Waals surface area (Å²) in [6, 6.07) is 12.7. The maximum absolute atomic E-state index is 13.1. The lowest BCUT2D eigenvalue weighted by Crippen LogP contribution is -2.47. The van der Waals surface area contributed by atoms with Gasteiger partial charge in [0.1, 0.15) is 11.6 Å².